The topological polar surface area (TPSA) is 55.5 Å². The SMILES string of the molecule is CC(N)O.CCOc1cccc(C(C)(C)C)c1. The number of hydrogen-bond acceptors (Lipinski definition) is 3. The van der Waals surface area contributed by atoms with E-state index >= 15 is 0 Å². The minimum Gasteiger partial charge on any atom is -0.494 e. The van der Waals surface area contributed by atoms with Gasteiger partial charge in [0.2, 0.25) is 0 Å². The zero-order valence-corrected chi connectivity index (χ0v) is 11.5. The van der Waals surface area contributed by atoms with Gasteiger partial charge in [-0.25, -0.2) is 0 Å². The molecule has 1 rings (SSSR count). The highest BCUT2D eigenvalue weighted by molar-refractivity contribution is 5.32. The molecule has 1 unspecified atom stereocenters. The van der Waals surface area contributed by atoms with Crippen LogP contribution in [0.1, 0.15) is 40.2 Å². The lowest BCUT2D eigenvalue weighted by atomic mass is 9.87. The zero-order chi connectivity index (χ0) is 13.5. The molecule has 17 heavy (non-hydrogen) atoms. The number of rotatable bonds is 2. The minimum absolute atomic E-state index is 0.201. The summed E-state index contributed by atoms with van der Waals surface area (Å²) in [5.41, 5.74) is 6.19. The maximum atomic E-state index is 7.83. The van der Waals surface area contributed by atoms with Crippen LogP contribution in [0, 0.1) is 0 Å². The Morgan fingerprint density at radius 1 is 1.35 bits per heavy atom. The van der Waals surface area contributed by atoms with Crippen LogP contribution in [-0.2, 0) is 5.41 Å². The molecule has 0 fully saturated rings. The molecule has 0 radical (unpaired) electrons. The van der Waals surface area contributed by atoms with Crippen molar-refractivity contribution in [2.24, 2.45) is 5.73 Å². The van der Waals surface area contributed by atoms with Crippen LogP contribution in [0.25, 0.3) is 0 Å². The first-order valence-electron chi connectivity index (χ1n) is 5.94. The Hall–Kier alpha value is -1.06. The normalized spacial score (nSPS) is 12.4. The highest BCUT2D eigenvalue weighted by atomic mass is 16.5. The average Bonchev–Trinajstić information content (AvgIpc) is 2.16. The van der Waals surface area contributed by atoms with Crippen molar-refractivity contribution in [2.75, 3.05) is 6.61 Å². The molecule has 1 atom stereocenters. The van der Waals surface area contributed by atoms with Crippen molar-refractivity contribution in [1.29, 1.82) is 0 Å². The average molecular weight is 239 g/mol. The molecule has 0 aliphatic carbocycles. The van der Waals surface area contributed by atoms with Gasteiger partial charge >= 0.3 is 0 Å². The summed E-state index contributed by atoms with van der Waals surface area (Å²) >= 11 is 0. The fraction of sp³-hybridized carbons (Fsp3) is 0.571. The van der Waals surface area contributed by atoms with Gasteiger partial charge in [-0.2, -0.15) is 0 Å². The van der Waals surface area contributed by atoms with Crippen molar-refractivity contribution in [3.8, 4) is 5.75 Å². The van der Waals surface area contributed by atoms with E-state index in [-0.39, 0.29) is 5.41 Å². The molecular weight excluding hydrogens is 214 g/mol. The summed E-state index contributed by atoms with van der Waals surface area (Å²) in [6, 6.07) is 8.30. The molecule has 3 N–H and O–H groups in total. The van der Waals surface area contributed by atoms with Gasteiger partial charge in [-0.15, -0.1) is 0 Å². The van der Waals surface area contributed by atoms with Crippen molar-refractivity contribution < 1.29 is 9.84 Å². The molecule has 0 saturated heterocycles. The lowest BCUT2D eigenvalue weighted by Crippen LogP contribution is -2.11. The van der Waals surface area contributed by atoms with Crippen molar-refractivity contribution >= 4 is 0 Å². The number of aliphatic hydroxyl groups is 1. The van der Waals surface area contributed by atoms with Gasteiger partial charge in [0.25, 0.3) is 0 Å². The van der Waals surface area contributed by atoms with Crippen molar-refractivity contribution in [1.82, 2.24) is 0 Å². The quantitative estimate of drug-likeness (QED) is 0.780. The van der Waals surface area contributed by atoms with Crippen LogP contribution >= 0.6 is 0 Å². The Balaban J connectivity index is 0.000000557. The summed E-state index contributed by atoms with van der Waals surface area (Å²) in [5, 5.41) is 7.83. The van der Waals surface area contributed by atoms with Crippen LogP contribution in [0.2, 0.25) is 0 Å². The molecule has 3 heteroatoms. The lowest BCUT2D eigenvalue weighted by molar-refractivity contribution is 0.203. The molecule has 1 aromatic rings. The van der Waals surface area contributed by atoms with Gasteiger partial charge in [-0.1, -0.05) is 32.9 Å². The van der Waals surface area contributed by atoms with Crippen molar-refractivity contribution in [3.63, 3.8) is 0 Å². The van der Waals surface area contributed by atoms with Crippen LogP contribution in [0.4, 0.5) is 0 Å². The van der Waals surface area contributed by atoms with Gasteiger partial charge in [0.1, 0.15) is 5.75 Å². The van der Waals surface area contributed by atoms with E-state index in [0.29, 0.717) is 0 Å². The molecule has 98 valence electrons. The third-order valence-electron chi connectivity index (χ3n) is 2.01. The maximum absolute atomic E-state index is 7.83. The van der Waals surface area contributed by atoms with E-state index in [1.807, 2.05) is 19.1 Å². The summed E-state index contributed by atoms with van der Waals surface area (Å²) in [7, 11) is 0. The number of ether oxygens (including phenoxy) is 1. The van der Waals surface area contributed by atoms with Crippen LogP contribution in [-0.4, -0.2) is 17.9 Å². The Morgan fingerprint density at radius 2 is 1.88 bits per heavy atom. The Morgan fingerprint density at radius 3 is 2.29 bits per heavy atom. The second-order valence-electron chi connectivity index (χ2n) is 4.95. The molecule has 0 amide bonds. The molecule has 0 aliphatic heterocycles. The fourth-order valence-corrected chi connectivity index (χ4v) is 1.22. The van der Waals surface area contributed by atoms with E-state index in [0.717, 1.165) is 12.4 Å². The molecule has 3 nitrogen and oxygen atoms in total. The third-order valence-corrected chi connectivity index (χ3v) is 2.01. The predicted molar refractivity (Wildman–Crippen MR) is 72.2 cm³/mol. The van der Waals surface area contributed by atoms with Gasteiger partial charge in [0, 0.05) is 0 Å². The molecule has 0 aliphatic rings. The number of aliphatic hydroxyl groups excluding tert-OH is 1. The van der Waals surface area contributed by atoms with Crippen LogP contribution in [0.3, 0.4) is 0 Å². The smallest absolute Gasteiger partial charge is 0.119 e. The second-order valence-corrected chi connectivity index (χ2v) is 4.95. The largest absolute Gasteiger partial charge is 0.494 e. The molecule has 0 saturated carbocycles. The predicted octanol–water partition coefficient (Wildman–Crippen LogP) is 2.67. The van der Waals surface area contributed by atoms with Crippen LogP contribution in [0.5, 0.6) is 5.75 Å². The van der Waals surface area contributed by atoms with E-state index < -0.39 is 6.23 Å². The third kappa shape index (κ3) is 7.77. The molecule has 0 spiro atoms. The van der Waals surface area contributed by atoms with Gasteiger partial charge in [0.15, 0.2) is 0 Å². The van der Waals surface area contributed by atoms with Gasteiger partial charge < -0.3 is 15.6 Å². The number of benzene rings is 1. The minimum atomic E-state index is -0.667. The maximum Gasteiger partial charge on any atom is 0.119 e. The first-order chi connectivity index (χ1) is 7.77. The second kappa shape index (κ2) is 7.30. The monoisotopic (exact) mass is 239 g/mol. The first-order valence-corrected chi connectivity index (χ1v) is 5.94. The lowest BCUT2D eigenvalue weighted by Gasteiger charge is -2.19. The first kappa shape index (κ1) is 15.9. The highest BCUT2D eigenvalue weighted by Gasteiger charge is 2.13. The standard InChI is InChI=1S/C12H18O.C2H7NO/c1-5-13-11-8-6-7-10(9-11)12(2,3)4;1-2(3)4/h6-9H,5H2,1-4H3;2,4H,3H2,1H3. The van der Waals surface area contributed by atoms with E-state index in [9.17, 15) is 0 Å². The number of hydrogen-bond donors (Lipinski definition) is 2. The fourth-order valence-electron chi connectivity index (χ4n) is 1.22. The van der Waals surface area contributed by atoms with E-state index in [4.69, 9.17) is 9.84 Å². The van der Waals surface area contributed by atoms with Crippen LogP contribution < -0.4 is 10.5 Å². The highest BCUT2D eigenvalue weighted by Crippen LogP contribution is 2.25. The van der Waals surface area contributed by atoms with Gasteiger partial charge in [0.05, 0.1) is 12.8 Å². The Labute approximate surface area is 105 Å². The van der Waals surface area contributed by atoms with Crippen molar-refractivity contribution in [2.45, 2.75) is 46.3 Å². The van der Waals surface area contributed by atoms with E-state index in [2.05, 4.69) is 38.6 Å². The zero-order valence-electron chi connectivity index (χ0n) is 11.5. The summed E-state index contributed by atoms with van der Waals surface area (Å²) < 4.78 is 5.44. The number of nitrogens with two attached hydrogens (primary N) is 1. The summed E-state index contributed by atoms with van der Waals surface area (Å²) in [5.74, 6) is 0.968. The molecule has 0 bridgehead atoms. The van der Waals surface area contributed by atoms with Gasteiger partial charge in [-0.3, -0.25) is 0 Å². The van der Waals surface area contributed by atoms with Crippen molar-refractivity contribution in [3.05, 3.63) is 29.8 Å². The Kier molecular flexibility index (Phi) is 6.85. The summed E-state index contributed by atoms with van der Waals surface area (Å²) in [6.07, 6.45) is -0.667. The van der Waals surface area contributed by atoms with E-state index in [1.54, 1.807) is 0 Å². The summed E-state index contributed by atoms with van der Waals surface area (Å²) in [4.78, 5) is 0. The van der Waals surface area contributed by atoms with E-state index in [1.165, 1.54) is 12.5 Å². The van der Waals surface area contributed by atoms with Gasteiger partial charge in [-0.05, 0) is 37.0 Å². The molecule has 0 aromatic heterocycles. The Bertz CT molecular complexity index is 313. The molecular formula is C14H25NO2. The summed E-state index contributed by atoms with van der Waals surface area (Å²) in [6.45, 7) is 10.9. The van der Waals surface area contributed by atoms with Crippen LogP contribution in [0.15, 0.2) is 24.3 Å². The molecule has 1 aromatic carbocycles. The molecule has 0 heterocycles.